The summed E-state index contributed by atoms with van der Waals surface area (Å²) in [5, 5.41) is 23.9. The minimum absolute atomic E-state index is 0.122. The van der Waals surface area contributed by atoms with Crippen LogP contribution >= 0.6 is 0 Å². The van der Waals surface area contributed by atoms with Crippen molar-refractivity contribution in [2.75, 3.05) is 18.2 Å². The summed E-state index contributed by atoms with van der Waals surface area (Å²) in [7, 11) is 1.34. The van der Waals surface area contributed by atoms with Crippen molar-refractivity contribution < 1.29 is 19.1 Å². The number of pyridine rings is 1. The van der Waals surface area contributed by atoms with Crippen molar-refractivity contribution in [2.24, 2.45) is 0 Å². The van der Waals surface area contributed by atoms with Gasteiger partial charge in [-0.2, -0.15) is 0 Å². The third-order valence-electron chi connectivity index (χ3n) is 4.50. The molecule has 0 unspecified atom stereocenters. The van der Waals surface area contributed by atoms with Gasteiger partial charge in [-0.25, -0.2) is 14.8 Å². The molecule has 0 aliphatic carbocycles. The monoisotopic (exact) mass is 424 g/mol. The lowest BCUT2D eigenvalue weighted by Crippen LogP contribution is -2.44. The standard InChI is InChI=1S/C21H24N6O4/c1-21(2,29)18(12-7-5-4-6-8-12)27-20(28)26-15-9-13(22)16(19(23)30-3)17(25-15)14-10-24-11-31-14/h4-11,18,23,29H,1-3H3,(H4,22,25,26,27,28)/t18-/m0/s1. The van der Waals surface area contributed by atoms with Crippen LogP contribution in [0.5, 0.6) is 0 Å². The molecule has 1 aromatic carbocycles. The molecular weight excluding hydrogens is 400 g/mol. The zero-order valence-corrected chi connectivity index (χ0v) is 17.3. The molecule has 0 aliphatic heterocycles. The highest BCUT2D eigenvalue weighted by Crippen LogP contribution is 2.30. The van der Waals surface area contributed by atoms with E-state index in [9.17, 15) is 9.90 Å². The van der Waals surface area contributed by atoms with Crippen molar-refractivity contribution in [3.8, 4) is 11.5 Å². The number of anilines is 2. The molecule has 6 N–H and O–H groups in total. The topological polar surface area (TPSA) is 159 Å². The van der Waals surface area contributed by atoms with E-state index in [1.54, 1.807) is 13.8 Å². The van der Waals surface area contributed by atoms with Crippen LogP contribution in [-0.2, 0) is 4.74 Å². The van der Waals surface area contributed by atoms with Gasteiger partial charge in [0, 0.05) is 6.07 Å². The molecule has 0 saturated carbocycles. The molecule has 0 aliphatic rings. The molecule has 10 nitrogen and oxygen atoms in total. The summed E-state index contributed by atoms with van der Waals surface area (Å²) >= 11 is 0. The van der Waals surface area contributed by atoms with E-state index in [2.05, 4.69) is 20.6 Å². The first-order valence-electron chi connectivity index (χ1n) is 9.37. The Morgan fingerprint density at radius 2 is 2.03 bits per heavy atom. The van der Waals surface area contributed by atoms with Gasteiger partial charge in [0.25, 0.3) is 0 Å². The molecule has 2 heterocycles. The molecule has 3 rings (SSSR count). The number of aromatic nitrogens is 2. The predicted molar refractivity (Wildman–Crippen MR) is 116 cm³/mol. The highest BCUT2D eigenvalue weighted by Gasteiger charge is 2.30. The number of nitrogen functional groups attached to an aromatic ring is 1. The first-order valence-corrected chi connectivity index (χ1v) is 9.37. The molecule has 0 spiro atoms. The third kappa shape index (κ3) is 4.98. The minimum Gasteiger partial charge on any atom is -0.481 e. The molecule has 3 aromatic rings. The lowest BCUT2D eigenvalue weighted by molar-refractivity contribution is 0.0415. The number of nitrogens with one attached hydrogen (secondary N) is 3. The molecule has 2 aromatic heterocycles. The van der Waals surface area contributed by atoms with E-state index in [4.69, 9.17) is 20.3 Å². The number of amides is 2. The minimum atomic E-state index is -1.23. The largest absolute Gasteiger partial charge is 0.481 e. The van der Waals surface area contributed by atoms with Crippen LogP contribution in [0.2, 0.25) is 0 Å². The van der Waals surface area contributed by atoms with Gasteiger partial charge in [0.05, 0.1) is 36.2 Å². The van der Waals surface area contributed by atoms with E-state index in [0.29, 0.717) is 0 Å². The van der Waals surface area contributed by atoms with Crippen molar-refractivity contribution >= 4 is 23.4 Å². The summed E-state index contributed by atoms with van der Waals surface area (Å²) in [6.45, 7) is 3.21. The van der Waals surface area contributed by atoms with E-state index < -0.39 is 17.7 Å². The number of carbonyl (C=O) groups excluding carboxylic acids is 1. The van der Waals surface area contributed by atoms with E-state index in [1.807, 2.05) is 30.3 Å². The second-order valence-electron chi connectivity index (χ2n) is 7.32. The van der Waals surface area contributed by atoms with Gasteiger partial charge < -0.3 is 25.3 Å². The van der Waals surface area contributed by atoms with Crippen molar-refractivity contribution in [2.45, 2.75) is 25.5 Å². The van der Waals surface area contributed by atoms with Gasteiger partial charge in [-0.05, 0) is 19.4 Å². The fraction of sp³-hybridized carbons (Fsp3) is 0.238. The number of ether oxygens (including phenoxy) is 1. The quantitative estimate of drug-likeness (QED) is 0.300. The average molecular weight is 424 g/mol. The molecule has 31 heavy (non-hydrogen) atoms. The number of methoxy groups -OCH3 is 1. The van der Waals surface area contributed by atoms with Crippen molar-refractivity contribution in [3.63, 3.8) is 0 Å². The fourth-order valence-electron chi connectivity index (χ4n) is 3.08. The van der Waals surface area contributed by atoms with E-state index in [0.717, 1.165) is 5.56 Å². The summed E-state index contributed by atoms with van der Waals surface area (Å²) in [6, 6.07) is 9.25. The number of carbonyl (C=O) groups is 1. The molecule has 10 heteroatoms. The molecule has 1 atom stereocenters. The molecule has 0 radical (unpaired) electrons. The van der Waals surface area contributed by atoms with Gasteiger partial charge in [0.1, 0.15) is 11.5 Å². The lowest BCUT2D eigenvalue weighted by Gasteiger charge is -2.30. The number of benzene rings is 1. The Morgan fingerprint density at radius 1 is 1.32 bits per heavy atom. The van der Waals surface area contributed by atoms with Gasteiger partial charge in [-0.3, -0.25) is 10.7 Å². The first kappa shape index (κ1) is 21.8. The fourth-order valence-corrected chi connectivity index (χ4v) is 3.08. The van der Waals surface area contributed by atoms with Crippen molar-refractivity contribution in [1.82, 2.24) is 15.3 Å². The Labute approximate surface area is 179 Å². The summed E-state index contributed by atoms with van der Waals surface area (Å²) in [4.78, 5) is 20.9. The number of rotatable bonds is 6. The Bertz CT molecular complexity index is 1060. The third-order valence-corrected chi connectivity index (χ3v) is 4.50. The maximum atomic E-state index is 12.7. The number of aliphatic hydroxyl groups is 1. The summed E-state index contributed by atoms with van der Waals surface area (Å²) in [5.41, 5.74) is 6.18. The van der Waals surface area contributed by atoms with E-state index >= 15 is 0 Å². The van der Waals surface area contributed by atoms with Crippen LogP contribution in [0.4, 0.5) is 16.3 Å². The van der Waals surface area contributed by atoms with Gasteiger partial charge in [-0.1, -0.05) is 30.3 Å². The van der Waals surface area contributed by atoms with E-state index in [1.165, 1.54) is 25.8 Å². The molecule has 2 amide bonds. The van der Waals surface area contributed by atoms with Crippen LogP contribution in [0.3, 0.4) is 0 Å². The maximum Gasteiger partial charge on any atom is 0.320 e. The highest BCUT2D eigenvalue weighted by molar-refractivity contribution is 6.03. The molecule has 0 saturated heterocycles. The van der Waals surface area contributed by atoms with Crippen LogP contribution in [-0.4, -0.2) is 39.7 Å². The van der Waals surface area contributed by atoms with Crippen molar-refractivity contribution in [3.05, 3.63) is 60.1 Å². The molecule has 0 fully saturated rings. The number of oxazole rings is 1. The summed E-state index contributed by atoms with van der Waals surface area (Å²) < 4.78 is 10.3. The van der Waals surface area contributed by atoms with E-state index in [-0.39, 0.29) is 34.4 Å². The van der Waals surface area contributed by atoms with Crippen LogP contribution in [0.1, 0.15) is 31.0 Å². The van der Waals surface area contributed by atoms with Crippen molar-refractivity contribution in [1.29, 1.82) is 5.41 Å². The van der Waals surface area contributed by atoms with Gasteiger partial charge in [0.2, 0.25) is 5.90 Å². The smallest absolute Gasteiger partial charge is 0.320 e. The van der Waals surface area contributed by atoms with Gasteiger partial charge >= 0.3 is 6.03 Å². The summed E-state index contributed by atoms with van der Waals surface area (Å²) in [5.74, 6) is 0.168. The van der Waals surface area contributed by atoms with Crippen LogP contribution in [0, 0.1) is 5.41 Å². The number of hydrogen-bond donors (Lipinski definition) is 5. The maximum absolute atomic E-state index is 12.7. The Balaban J connectivity index is 1.90. The highest BCUT2D eigenvalue weighted by atomic mass is 16.5. The second-order valence-corrected chi connectivity index (χ2v) is 7.32. The number of urea groups is 1. The van der Waals surface area contributed by atoms with Crippen LogP contribution in [0.25, 0.3) is 11.5 Å². The molecule has 0 bridgehead atoms. The SMILES string of the molecule is COC(=N)c1c(N)cc(NC(=O)N[C@@H](c2ccccc2)C(C)(C)O)nc1-c1cnco1. The predicted octanol–water partition coefficient (Wildman–Crippen LogP) is 2.92. The van der Waals surface area contributed by atoms with Crippen LogP contribution in [0.15, 0.2) is 53.4 Å². The molecular formula is C21H24N6O4. The number of nitrogens with zero attached hydrogens (tertiary/aromatic N) is 2. The Morgan fingerprint density at radius 3 is 2.61 bits per heavy atom. The van der Waals surface area contributed by atoms with Gasteiger partial charge in [0.15, 0.2) is 12.2 Å². The van der Waals surface area contributed by atoms with Crippen LogP contribution < -0.4 is 16.4 Å². The Kier molecular flexibility index (Phi) is 6.21. The zero-order chi connectivity index (χ0) is 22.6. The van der Waals surface area contributed by atoms with Gasteiger partial charge in [-0.15, -0.1) is 0 Å². The summed E-state index contributed by atoms with van der Waals surface area (Å²) in [6.07, 6.45) is 2.63. The molecule has 162 valence electrons. The number of hydrogen-bond acceptors (Lipinski definition) is 8. The first-order chi connectivity index (χ1) is 14.7. The number of nitrogens with two attached hydrogens (primary N) is 1. The normalized spacial score (nSPS) is 12.1. The Hall–Kier alpha value is -3.92. The zero-order valence-electron chi connectivity index (χ0n) is 17.3. The second kappa shape index (κ2) is 8.84. The average Bonchev–Trinajstić information content (AvgIpc) is 3.25. The lowest BCUT2D eigenvalue weighted by atomic mass is 9.92.